The molecule has 1 aromatic carbocycles. The molecule has 9 heteroatoms. The summed E-state index contributed by atoms with van der Waals surface area (Å²) in [5.74, 6) is 0.436. The van der Waals surface area contributed by atoms with E-state index in [1.54, 1.807) is 10.9 Å². The Labute approximate surface area is 159 Å². The summed E-state index contributed by atoms with van der Waals surface area (Å²) in [6, 6.07) is 6.00. The number of carbonyl (C=O) groups excluding carboxylic acids is 1. The second-order valence-corrected chi connectivity index (χ2v) is 7.04. The molecule has 0 unspecified atom stereocenters. The average molecular weight is 382 g/mol. The van der Waals surface area contributed by atoms with Crippen molar-refractivity contribution in [1.29, 1.82) is 0 Å². The summed E-state index contributed by atoms with van der Waals surface area (Å²) >= 11 is 1.36. The predicted octanol–water partition coefficient (Wildman–Crippen LogP) is 2.88. The minimum atomic E-state index is -0.256. The van der Waals surface area contributed by atoms with Crippen molar-refractivity contribution in [3.63, 3.8) is 0 Å². The van der Waals surface area contributed by atoms with Crippen molar-refractivity contribution < 1.29 is 9.53 Å². The zero-order valence-electron chi connectivity index (χ0n) is 14.9. The van der Waals surface area contributed by atoms with Crippen LogP contribution in [0.15, 0.2) is 36.0 Å². The molecule has 4 aromatic rings. The second kappa shape index (κ2) is 7.29. The molecule has 2 N–H and O–H groups in total. The maximum absolute atomic E-state index is 12.1. The number of amides is 1. The normalized spacial score (nSPS) is 11.2. The minimum absolute atomic E-state index is 0.0715. The van der Waals surface area contributed by atoms with E-state index in [0.717, 1.165) is 27.9 Å². The lowest BCUT2D eigenvalue weighted by atomic mass is 10.2. The van der Waals surface area contributed by atoms with E-state index in [1.807, 2.05) is 43.7 Å². The van der Waals surface area contributed by atoms with Crippen LogP contribution in [0.1, 0.15) is 11.4 Å². The van der Waals surface area contributed by atoms with E-state index in [-0.39, 0.29) is 19.1 Å². The number of aryl methyl sites for hydroxylation is 2. The number of H-pyrrole nitrogens is 1. The van der Waals surface area contributed by atoms with Crippen molar-refractivity contribution in [1.82, 2.24) is 24.7 Å². The smallest absolute Gasteiger partial charge is 0.252 e. The van der Waals surface area contributed by atoms with Gasteiger partial charge in [0.2, 0.25) is 0 Å². The molecule has 8 nitrogen and oxygen atoms in total. The number of rotatable bonds is 6. The number of ether oxygens (including phenoxy) is 1. The van der Waals surface area contributed by atoms with Gasteiger partial charge in [-0.25, -0.2) is 9.97 Å². The lowest BCUT2D eigenvalue weighted by Gasteiger charge is -2.02. The van der Waals surface area contributed by atoms with Crippen molar-refractivity contribution in [2.45, 2.75) is 13.5 Å². The maximum Gasteiger partial charge on any atom is 0.252 e. The summed E-state index contributed by atoms with van der Waals surface area (Å²) in [7, 11) is 1.85. The van der Waals surface area contributed by atoms with Gasteiger partial charge < -0.3 is 9.72 Å². The first-order chi connectivity index (χ1) is 13.1. The summed E-state index contributed by atoms with van der Waals surface area (Å²) in [6.45, 7) is 2.19. The molecular formula is C18H18N6O2S. The number of nitrogens with zero attached hydrogens (tertiary/aromatic N) is 4. The van der Waals surface area contributed by atoms with Gasteiger partial charge in [-0.05, 0) is 24.6 Å². The van der Waals surface area contributed by atoms with E-state index in [4.69, 9.17) is 4.74 Å². The minimum Gasteiger partial charge on any atom is -0.364 e. The Bertz CT molecular complexity index is 1100. The maximum atomic E-state index is 12.1. The van der Waals surface area contributed by atoms with Crippen LogP contribution in [-0.2, 0) is 23.2 Å². The fraction of sp³-hybridized carbons (Fsp3) is 0.222. The number of aromatic amines is 1. The fourth-order valence-corrected chi connectivity index (χ4v) is 3.39. The van der Waals surface area contributed by atoms with Crippen LogP contribution in [0.3, 0.4) is 0 Å². The van der Waals surface area contributed by atoms with Gasteiger partial charge in [0.25, 0.3) is 5.91 Å². The number of benzene rings is 1. The number of hydrogen-bond donors (Lipinski definition) is 2. The molecule has 0 aliphatic heterocycles. The fourth-order valence-electron chi connectivity index (χ4n) is 2.66. The molecule has 0 radical (unpaired) electrons. The molecule has 3 heterocycles. The van der Waals surface area contributed by atoms with Gasteiger partial charge in [-0.15, -0.1) is 11.3 Å². The predicted molar refractivity (Wildman–Crippen MR) is 103 cm³/mol. The van der Waals surface area contributed by atoms with Gasteiger partial charge in [0.05, 0.1) is 22.9 Å². The van der Waals surface area contributed by atoms with Crippen LogP contribution >= 0.6 is 11.3 Å². The number of imidazole rings is 1. The molecule has 0 bridgehead atoms. The van der Waals surface area contributed by atoms with Gasteiger partial charge in [0, 0.05) is 24.2 Å². The number of thiazole rings is 1. The van der Waals surface area contributed by atoms with Gasteiger partial charge in [0.1, 0.15) is 19.0 Å². The molecule has 0 fully saturated rings. The number of carbonyl (C=O) groups is 1. The highest BCUT2D eigenvalue weighted by Crippen LogP contribution is 2.24. The highest BCUT2D eigenvalue weighted by Gasteiger charge is 2.10. The molecule has 0 spiro atoms. The molecule has 138 valence electrons. The lowest BCUT2D eigenvalue weighted by Crippen LogP contribution is -2.18. The Kier molecular flexibility index (Phi) is 4.69. The second-order valence-electron chi connectivity index (χ2n) is 6.19. The third-order valence-electron chi connectivity index (χ3n) is 3.91. The van der Waals surface area contributed by atoms with Crippen LogP contribution in [-0.4, -0.2) is 37.2 Å². The van der Waals surface area contributed by atoms with E-state index in [0.29, 0.717) is 11.0 Å². The van der Waals surface area contributed by atoms with Crippen LogP contribution in [0.25, 0.3) is 22.3 Å². The third kappa shape index (κ3) is 4.04. The zero-order chi connectivity index (χ0) is 18.8. The van der Waals surface area contributed by atoms with Gasteiger partial charge >= 0.3 is 0 Å². The first-order valence-electron chi connectivity index (χ1n) is 8.34. The summed E-state index contributed by atoms with van der Waals surface area (Å²) in [5.41, 5.74) is 4.69. The van der Waals surface area contributed by atoms with Gasteiger partial charge in [-0.1, -0.05) is 6.07 Å². The molecular weight excluding hydrogens is 364 g/mol. The molecule has 3 aromatic heterocycles. The molecule has 0 saturated carbocycles. The Morgan fingerprint density at radius 1 is 1.37 bits per heavy atom. The zero-order valence-corrected chi connectivity index (χ0v) is 15.7. The topological polar surface area (TPSA) is 97.7 Å². The summed E-state index contributed by atoms with van der Waals surface area (Å²) in [4.78, 5) is 24.1. The average Bonchev–Trinajstić information content (AvgIpc) is 3.34. The molecule has 0 aliphatic carbocycles. The number of anilines is 1. The van der Waals surface area contributed by atoms with Crippen LogP contribution in [0, 0.1) is 6.92 Å². The number of aromatic nitrogens is 5. The van der Waals surface area contributed by atoms with Gasteiger partial charge in [-0.3, -0.25) is 14.8 Å². The standard InChI is InChI=1S/C18H18N6O2S/c1-11-3-4-13-14(5-11)21-16(20-13)8-26-9-17(25)23-18-22-15(10-27-18)12-6-19-24(2)7-12/h3-7,10H,8-9H2,1-2H3,(H,20,21)(H,22,23,25). The van der Waals surface area contributed by atoms with E-state index >= 15 is 0 Å². The molecule has 0 saturated heterocycles. The lowest BCUT2D eigenvalue weighted by molar-refractivity contribution is -0.121. The van der Waals surface area contributed by atoms with Crippen LogP contribution in [0.4, 0.5) is 5.13 Å². The molecule has 1 amide bonds. The highest BCUT2D eigenvalue weighted by atomic mass is 32.1. The van der Waals surface area contributed by atoms with Crippen molar-refractivity contribution >= 4 is 33.4 Å². The highest BCUT2D eigenvalue weighted by molar-refractivity contribution is 7.14. The number of fused-ring (bicyclic) bond motifs is 1. The van der Waals surface area contributed by atoms with Crippen molar-refractivity contribution in [3.8, 4) is 11.3 Å². The SMILES string of the molecule is Cc1ccc2nc(COCC(=O)Nc3nc(-c4cnn(C)c4)cs3)[nH]c2c1. The van der Waals surface area contributed by atoms with Crippen LogP contribution in [0.5, 0.6) is 0 Å². The van der Waals surface area contributed by atoms with Crippen molar-refractivity contribution in [2.75, 3.05) is 11.9 Å². The van der Waals surface area contributed by atoms with E-state index in [1.165, 1.54) is 11.3 Å². The van der Waals surface area contributed by atoms with E-state index in [2.05, 4.69) is 25.4 Å². The first kappa shape index (κ1) is 17.4. The quantitative estimate of drug-likeness (QED) is 0.534. The van der Waals surface area contributed by atoms with Gasteiger partial charge in [0.15, 0.2) is 5.13 Å². The summed E-state index contributed by atoms with van der Waals surface area (Å²) in [6.07, 6.45) is 3.61. The van der Waals surface area contributed by atoms with Crippen LogP contribution < -0.4 is 5.32 Å². The van der Waals surface area contributed by atoms with E-state index < -0.39 is 0 Å². The largest absolute Gasteiger partial charge is 0.364 e. The summed E-state index contributed by atoms with van der Waals surface area (Å²) in [5, 5.41) is 9.27. The molecule has 4 rings (SSSR count). The molecule has 0 atom stereocenters. The Morgan fingerprint density at radius 2 is 2.26 bits per heavy atom. The monoisotopic (exact) mass is 382 g/mol. The number of nitrogens with one attached hydrogen (secondary N) is 2. The van der Waals surface area contributed by atoms with Crippen molar-refractivity contribution in [3.05, 3.63) is 47.4 Å². The van der Waals surface area contributed by atoms with Gasteiger partial charge in [-0.2, -0.15) is 5.10 Å². The summed E-state index contributed by atoms with van der Waals surface area (Å²) < 4.78 is 7.17. The Balaban J connectivity index is 1.30. The van der Waals surface area contributed by atoms with E-state index in [9.17, 15) is 4.79 Å². The number of hydrogen-bond acceptors (Lipinski definition) is 6. The van der Waals surface area contributed by atoms with Crippen molar-refractivity contribution in [2.24, 2.45) is 7.05 Å². The Morgan fingerprint density at radius 3 is 3.07 bits per heavy atom. The molecule has 27 heavy (non-hydrogen) atoms. The first-order valence-corrected chi connectivity index (χ1v) is 9.22. The van der Waals surface area contributed by atoms with Crippen LogP contribution in [0.2, 0.25) is 0 Å². The Hall–Kier alpha value is -3.04. The third-order valence-corrected chi connectivity index (χ3v) is 4.67. The molecule has 0 aliphatic rings.